The molecule has 2 heterocycles. The summed E-state index contributed by atoms with van der Waals surface area (Å²) >= 11 is 1.61. The second-order valence-electron chi connectivity index (χ2n) is 3.18. The fourth-order valence-corrected chi connectivity index (χ4v) is 2.28. The van der Waals surface area contributed by atoms with Gasteiger partial charge in [0, 0.05) is 6.07 Å². The van der Waals surface area contributed by atoms with Crippen LogP contribution in [0.3, 0.4) is 0 Å². The summed E-state index contributed by atoms with van der Waals surface area (Å²) in [6.07, 6.45) is 0. The smallest absolute Gasteiger partial charge is 0.146 e. The van der Waals surface area contributed by atoms with Crippen molar-refractivity contribution in [1.82, 2.24) is 4.98 Å². The number of hydrogen-bond acceptors (Lipinski definition) is 5. The molecule has 0 fully saturated rings. The van der Waals surface area contributed by atoms with E-state index in [2.05, 4.69) is 4.98 Å². The van der Waals surface area contributed by atoms with Crippen LogP contribution in [0.1, 0.15) is 0 Å². The first-order valence-electron chi connectivity index (χ1n) is 4.37. The molecule has 1 aliphatic heterocycles. The Bertz CT molecular complexity index is 482. The van der Waals surface area contributed by atoms with E-state index in [9.17, 15) is 0 Å². The molecule has 0 unspecified atom stereocenters. The maximum Gasteiger partial charge on any atom is 0.146 e. The van der Waals surface area contributed by atoms with Gasteiger partial charge in [-0.2, -0.15) is 0 Å². The lowest BCUT2D eigenvalue weighted by Gasteiger charge is -2.26. The molecule has 0 amide bonds. The highest BCUT2D eigenvalue weighted by Gasteiger charge is 2.16. The van der Waals surface area contributed by atoms with Crippen LogP contribution in [0.15, 0.2) is 17.6 Å². The quantitative estimate of drug-likeness (QED) is 0.663. The number of hydrazine groups is 1. The monoisotopic (exact) mass is 207 g/mol. The van der Waals surface area contributed by atoms with Gasteiger partial charge in [-0.15, -0.1) is 11.3 Å². The highest BCUT2D eigenvalue weighted by atomic mass is 32.1. The first-order valence-corrected chi connectivity index (χ1v) is 5.25. The molecule has 0 bridgehead atoms. The third kappa shape index (κ3) is 1.06. The summed E-state index contributed by atoms with van der Waals surface area (Å²) in [7, 11) is 0. The van der Waals surface area contributed by atoms with Gasteiger partial charge < -0.3 is 9.75 Å². The molecule has 0 saturated heterocycles. The molecule has 1 aromatic carbocycles. The fraction of sp³-hybridized carbons (Fsp3) is 0.222. The molecule has 0 atom stereocenters. The Balaban J connectivity index is 2.27. The molecule has 5 heteroatoms. The fourth-order valence-electron chi connectivity index (χ4n) is 1.59. The third-order valence-corrected chi connectivity index (χ3v) is 3.10. The zero-order chi connectivity index (χ0) is 9.54. The average molecular weight is 207 g/mol. The van der Waals surface area contributed by atoms with E-state index in [4.69, 9.17) is 10.6 Å². The van der Waals surface area contributed by atoms with Gasteiger partial charge in [-0.3, -0.25) is 0 Å². The van der Waals surface area contributed by atoms with Crippen LogP contribution in [0.25, 0.3) is 10.2 Å². The van der Waals surface area contributed by atoms with Gasteiger partial charge in [0.25, 0.3) is 0 Å². The molecule has 2 N–H and O–H groups in total. The summed E-state index contributed by atoms with van der Waals surface area (Å²) in [5.74, 6) is 6.67. The van der Waals surface area contributed by atoms with Gasteiger partial charge in [0.05, 0.1) is 28.0 Å². The largest absolute Gasteiger partial charge is 0.489 e. The van der Waals surface area contributed by atoms with Crippen LogP contribution >= 0.6 is 11.3 Å². The molecular formula is C9H9N3OS. The Labute approximate surface area is 84.9 Å². The Kier molecular flexibility index (Phi) is 1.62. The number of nitrogens with zero attached hydrogens (tertiary/aromatic N) is 2. The molecule has 14 heavy (non-hydrogen) atoms. The minimum absolute atomic E-state index is 0.638. The van der Waals surface area contributed by atoms with Crippen molar-refractivity contribution in [2.24, 2.45) is 5.84 Å². The van der Waals surface area contributed by atoms with E-state index < -0.39 is 0 Å². The van der Waals surface area contributed by atoms with E-state index in [1.54, 1.807) is 16.3 Å². The number of fused-ring (bicyclic) bond motifs is 2. The second-order valence-corrected chi connectivity index (χ2v) is 4.07. The van der Waals surface area contributed by atoms with E-state index >= 15 is 0 Å². The minimum Gasteiger partial charge on any atom is -0.489 e. The molecule has 0 radical (unpaired) electrons. The van der Waals surface area contributed by atoms with Crippen molar-refractivity contribution in [3.8, 4) is 5.75 Å². The standard InChI is InChI=1S/C9H9N3OS/c10-12-1-2-13-8-3-6-9(4-7(8)12)14-5-11-6/h3-5H,1-2,10H2. The first kappa shape index (κ1) is 8.02. The zero-order valence-corrected chi connectivity index (χ0v) is 8.25. The van der Waals surface area contributed by atoms with Crippen LogP contribution in [0.4, 0.5) is 5.69 Å². The molecule has 4 nitrogen and oxygen atoms in total. The second kappa shape index (κ2) is 2.83. The number of hydrogen-bond donors (Lipinski definition) is 1. The lowest BCUT2D eigenvalue weighted by molar-refractivity contribution is 0.308. The van der Waals surface area contributed by atoms with Crippen molar-refractivity contribution >= 4 is 27.2 Å². The molecule has 0 aliphatic carbocycles. The van der Waals surface area contributed by atoms with Crippen LogP contribution in [-0.2, 0) is 0 Å². The van der Waals surface area contributed by atoms with Crippen molar-refractivity contribution in [3.63, 3.8) is 0 Å². The van der Waals surface area contributed by atoms with Crippen molar-refractivity contribution in [2.45, 2.75) is 0 Å². The van der Waals surface area contributed by atoms with Gasteiger partial charge in [-0.05, 0) is 6.07 Å². The molecule has 2 aromatic rings. The maximum absolute atomic E-state index is 5.84. The Morgan fingerprint density at radius 3 is 3.36 bits per heavy atom. The third-order valence-electron chi connectivity index (χ3n) is 2.31. The van der Waals surface area contributed by atoms with Crippen molar-refractivity contribution < 1.29 is 4.74 Å². The summed E-state index contributed by atoms with van der Waals surface area (Å²) in [6.45, 7) is 1.37. The summed E-state index contributed by atoms with van der Waals surface area (Å²) in [5, 5.41) is 1.72. The van der Waals surface area contributed by atoms with Gasteiger partial charge in [-0.1, -0.05) is 0 Å². The number of anilines is 1. The SMILES string of the molecule is NN1CCOc2cc3ncsc3cc21. The number of nitrogens with two attached hydrogens (primary N) is 1. The Hall–Kier alpha value is -1.33. The number of rotatable bonds is 0. The highest BCUT2D eigenvalue weighted by molar-refractivity contribution is 7.16. The molecule has 72 valence electrons. The average Bonchev–Trinajstić information content (AvgIpc) is 2.62. The normalized spacial score (nSPS) is 15.4. The molecular weight excluding hydrogens is 198 g/mol. The minimum atomic E-state index is 0.638. The number of thiazole rings is 1. The molecule has 0 saturated carbocycles. The van der Waals surface area contributed by atoms with Crippen LogP contribution in [-0.4, -0.2) is 18.1 Å². The molecule has 1 aromatic heterocycles. The van der Waals surface area contributed by atoms with Crippen molar-refractivity contribution in [2.75, 3.05) is 18.2 Å². The lowest BCUT2D eigenvalue weighted by Crippen LogP contribution is -2.38. The van der Waals surface area contributed by atoms with Crippen LogP contribution < -0.4 is 15.6 Å². The summed E-state index contributed by atoms with van der Waals surface area (Å²) in [6, 6.07) is 3.97. The molecule has 3 rings (SSSR count). The number of aromatic nitrogens is 1. The number of benzene rings is 1. The van der Waals surface area contributed by atoms with Gasteiger partial charge in [0.15, 0.2) is 0 Å². The summed E-state index contributed by atoms with van der Waals surface area (Å²) in [4.78, 5) is 4.23. The maximum atomic E-state index is 5.84. The number of ether oxygens (including phenoxy) is 1. The predicted octanol–water partition coefficient (Wildman–Crippen LogP) is 1.37. The highest BCUT2D eigenvalue weighted by Crippen LogP contribution is 2.35. The van der Waals surface area contributed by atoms with Gasteiger partial charge >= 0.3 is 0 Å². The zero-order valence-electron chi connectivity index (χ0n) is 7.43. The van der Waals surface area contributed by atoms with E-state index in [1.807, 2.05) is 17.6 Å². The van der Waals surface area contributed by atoms with E-state index in [-0.39, 0.29) is 0 Å². The molecule has 0 spiro atoms. The van der Waals surface area contributed by atoms with Crippen molar-refractivity contribution in [3.05, 3.63) is 17.6 Å². The van der Waals surface area contributed by atoms with Crippen LogP contribution in [0, 0.1) is 0 Å². The predicted molar refractivity (Wildman–Crippen MR) is 56.6 cm³/mol. The summed E-state index contributed by atoms with van der Waals surface area (Å²) < 4.78 is 6.66. The first-order chi connectivity index (χ1) is 6.84. The Morgan fingerprint density at radius 2 is 2.43 bits per heavy atom. The lowest BCUT2D eigenvalue weighted by atomic mass is 10.2. The summed E-state index contributed by atoms with van der Waals surface area (Å²) in [5.41, 5.74) is 3.76. The van der Waals surface area contributed by atoms with E-state index in [1.165, 1.54) is 0 Å². The van der Waals surface area contributed by atoms with Crippen LogP contribution in [0.2, 0.25) is 0 Å². The van der Waals surface area contributed by atoms with E-state index in [0.29, 0.717) is 6.61 Å². The van der Waals surface area contributed by atoms with Crippen LogP contribution in [0.5, 0.6) is 5.75 Å². The topological polar surface area (TPSA) is 51.4 Å². The van der Waals surface area contributed by atoms with Gasteiger partial charge in [-0.25, -0.2) is 10.8 Å². The van der Waals surface area contributed by atoms with Gasteiger partial charge in [0.2, 0.25) is 0 Å². The Morgan fingerprint density at radius 1 is 1.50 bits per heavy atom. The molecule has 1 aliphatic rings. The van der Waals surface area contributed by atoms with Gasteiger partial charge in [0.1, 0.15) is 12.4 Å². The van der Waals surface area contributed by atoms with Crippen molar-refractivity contribution in [1.29, 1.82) is 0 Å². The van der Waals surface area contributed by atoms with E-state index in [0.717, 1.165) is 28.2 Å².